The van der Waals surface area contributed by atoms with Crippen molar-refractivity contribution in [2.75, 3.05) is 22.9 Å². The van der Waals surface area contributed by atoms with Crippen LogP contribution < -0.4 is 10.6 Å². The van der Waals surface area contributed by atoms with Gasteiger partial charge in [0.05, 0.1) is 17.7 Å². The maximum absolute atomic E-state index is 11.2. The minimum Gasteiger partial charge on any atom is -0.481 e. The largest absolute Gasteiger partial charge is 0.481 e. The van der Waals surface area contributed by atoms with E-state index in [4.69, 9.17) is 15.7 Å². The molecule has 0 radical (unpaired) electrons. The maximum Gasteiger partial charge on any atom is 0.313 e. The number of benzene rings is 2. The molecule has 3 aromatic heterocycles. The van der Waals surface area contributed by atoms with Gasteiger partial charge in [0.25, 0.3) is 0 Å². The number of anilines is 2. The lowest BCUT2D eigenvalue weighted by Crippen LogP contribution is -2.27. The molecule has 0 saturated heterocycles. The van der Waals surface area contributed by atoms with Gasteiger partial charge in [-0.2, -0.15) is 4.98 Å². The second kappa shape index (κ2) is 11.2. The number of carboxylic acids is 1. The first-order chi connectivity index (χ1) is 18.5. The molecule has 38 heavy (non-hydrogen) atoms. The Bertz CT molecular complexity index is 1570. The number of carboxylic acid groups (broad SMARTS) is 1. The predicted molar refractivity (Wildman–Crippen MR) is 153 cm³/mol. The van der Waals surface area contributed by atoms with Crippen molar-refractivity contribution in [2.45, 2.75) is 32.0 Å². The SMILES string of the molecule is CCCN(Cc1nnc(SCC(=O)O)n1-c1ccccc1)c1nc(N)c2c(-c3ccccc3)c(C)sc2n1. The first-order valence-electron chi connectivity index (χ1n) is 12.2. The van der Waals surface area contributed by atoms with Crippen LogP contribution in [0.2, 0.25) is 0 Å². The quantitative estimate of drug-likeness (QED) is 0.221. The van der Waals surface area contributed by atoms with Gasteiger partial charge in [-0.15, -0.1) is 21.5 Å². The molecule has 3 N–H and O–H groups in total. The van der Waals surface area contributed by atoms with Crippen LogP contribution in [0.3, 0.4) is 0 Å². The number of aryl methyl sites for hydroxylation is 1. The van der Waals surface area contributed by atoms with E-state index in [1.54, 1.807) is 11.3 Å². The van der Waals surface area contributed by atoms with Crippen LogP contribution in [0.5, 0.6) is 0 Å². The molecule has 3 heterocycles. The van der Waals surface area contributed by atoms with E-state index in [1.165, 1.54) is 0 Å². The van der Waals surface area contributed by atoms with Crippen molar-refractivity contribution >= 4 is 51.1 Å². The van der Waals surface area contributed by atoms with Gasteiger partial charge < -0.3 is 15.7 Å². The predicted octanol–water partition coefficient (Wildman–Crippen LogP) is 5.42. The molecule has 0 amide bonds. The third-order valence-electron chi connectivity index (χ3n) is 5.95. The minimum atomic E-state index is -0.912. The van der Waals surface area contributed by atoms with Crippen LogP contribution in [0.15, 0.2) is 65.8 Å². The molecular formula is C27H27N7O2S2. The second-order valence-corrected chi connectivity index (χ2v) is 10.8. The Morgan fingerprint density at radius 2 is 1.79 bits per heavy atom. The molecule has 0 aliphatic heterocycles. The number of para-hydroxylation sites is 1. The number of aliphatic carboxylic acids is 1. The summed E-state index contributed by atoms with van der Waals surface area (Å²) in [5, 5.41) is 19.3. The zero-order valence-corrected chi connectivity index (χ0v) is 22.7. The Balaban J connectivity index is 1.55. The second-order valence-electron chi connectivity index (χ2n) is 8.66. The minimum absolute atomic E-state index is 0.110. The van der Waals surface area contributed by atoms with Crippen LogP contribution in [-0.4, -0.2) is 48.1 Å². The number of hydrogen-bond acceptors (Lipinski definition) is 9. The van der Waals surface area contributed by atoms with E-state index in [0.29, 0.717) is 35.8 Å². The molecule has 0 aliphatic carbocycles. The fraction of sp³-hybridized carbons (Fsp3) is 0.222. The zero-order valence-electron chi connectivity index (χ0n) is 21.0. The van der Waals surface area contributed by atoms with E-state index in [9.17, 15) is 9.90 Å². The van der Waals surface area contributed by atoms with Crippen molar-refractivity contribution in [1.82, 2.24) is 24.7 Å². The van der Waals surface area contributed by atoms with Gasteiger partial charge in [0, 0.05) is 22.7 Å². The van der Waals surface area contributed by atoms with Gasteiger partial charge in [-0.05, 0) is 31.0 Å². The van der Waals surface area contributed by atoms with Crippen LogP contribution in [0.1, 0.15) is 24.0 Å². The number of fused-ring (bicyclic) bond motifs is 1. The summed E-state index contributed by atoms with van der Waals surface area (Å²) in [6.45, 7) is 5.23. The number of hydrogen-bond donors (Lipinski definition) is 2. The summed E-state index contributed by atoms with van der Waals surface area (Å²) in [4.78, 5) is 24.9. The topological polar surface area (TPSA) is 123 Å². The Hall–Kier alpha value is -3.96. The van der Waals surface area contributed by atoms with E-state index in [-0.39, 0.29) is 5.75 Å². The van der Waals surface area contributed by atoms with Crippen molar-refractivity contribution in [3.05, 3.63) is 71.4 Å². The lowest BCUT2D eigenvalue weighted by atomic mass is 10.0. The highest BCUT2D eigenvalue weighted by Gasteiger charge is 2.22. The standard InChI is InChI=1S/C27H27N7O2S2/c1-3-14-33(15-20-31-32-27(37-16-21(35)36)34(20)19-12-8-5-9-13-19)26-29-24(28)23-22(17(2)38-25(23)30-26)18-10-6-4-7-11-18/h4-13H,3,14-16H2,1-2H3,(H,35,36)(H2,28,29,30). The van der Waals surface area contributed by atoms with Crippen LogP contribution >= 0.6 is 23.1 Å². The Kier molecular flexibility index (Phi) is 7.57. The van der Waals surface area contributed by atoms with Crippen molar-refractivity contribution in [3.8, 4) is 16.8 Å². The Morgan fingerprint density at radius 3 is 2.47 bits per heavy atom. The average molecular weight is 546 g/mol. The van der Waals surface area contributed by atoms with Crippen molar-refractivity contribution in [3.63, 3.8) is 0 Å². The van der Waals surface area contributed by atoms with Gasteiger partial charge in [0.1, 0.15) is 10.6 Å². The molecule has 0 bridgehead atoms. The van der Waals surface area contributed by atoms with E-state index in [0.717, 1.165) is 50.1 Å². The fourth-order valence-electron chi connectivity index (χ4n) is 4.37. The molecule has 194 valence electrons. The number of nitrogens with two attached hydrogens (primary N) is 1. The normalized spacial score (nSPS) is 11.2. The summed E-state index contributed by atoms with van der Waals surface area (Å²) < 4.78 is 1.89. The Labute approximate surface area is 228 Å². The first kappa shape index (κ1) is 25.7. The molecule has 5 aromatic rings. The summed E-state index contributed by atoms with van der Waals surface area (Å²) in [5.41, 5.74) is 9.58. The van der Waals surface area contributed by atoms with Crippen molar-refractivity contribution in [1.29, 1.82) is 0 Å². The molecule has 0 saturated carbocycles. The summed E-state index contributed by atoms with van der Waals surface area (Å²) in [7, 11) is 0. The molecule has 0 unspecified atom stereocenters. The van der Waals surface area contributed by atoms with Gasteiger partial charge in [-0.1, -0.05) is 67.2 Å². The summed E-state index contributed by atoms with van der Waals surface area (Å²) in [5.74, 6) is 0.607. The molecule has 5 rings (SSSR count). The molecule has 0 fully saturated rings. The lowest BCUT2D eigenvalue weighted by molar-refractivity contribution is -0.133. The molecule has 0 atom stereocenters. The number of aromatic nitrogens is 5. The van der Waals surface area contributed by atoms with Crippen molar-refractivity contribution in [2.24, 2.45) is 0 Å². The molecule has 0 aliphatic rings. The molecular weight excluding hydrogens is 518 g/mol. The van der Waals surface area contributed by atoms with E-state index >= 15 is 0 Å². The van der Waals surface area contributed by atoms with Gasteiger partial charge >= 0.3 is 5.97 Å². The van der Waals surface area contributed by atoms with Crippen LogP contribution in [0.25, 0.3) is 27.0 Å². The number of carbonyl (C=O) groups is 1. The third kappa shape index (κ3) is 5.20. The highest BCUT2D eigenvalue weighted by molar-refractivity contribution is 7.99. The fourth-order valence-corrected chi connectivity index (χ4v) is 6.11. The molecule has 11 heteroatoms. The number of nitrogens with zero attached hydrogens (tertiary/aromatic N) is 6. The van der Waals surface area contributed by atoms with Crippen LogP contribution in [0.4, 0.5) is 11.8 Å². The summed E-state index contributed by atoms with van der Waals surface area (Å²) in [6.07, 6.45) is 0.861. The number of thioether (sulfide) groups is 1. The van der Waals surface area contributed by atoms with Crippen molar-refractivity contribution < 1.29 is 9.90 Å². The van der Waals surface area contributed by atoms with Gasteiger partial charge in [-0.3, -0.25) is 9.36 Å². The summed E-state index contributed by atoms with van der Waals surface area (Å²) in [6, 6.07) is 19.8. The number of thiophene rings is 1. The van der Waals surface area contributed by atoms with Gasteiger partial charge in [0.2, 0.25) is 5.95 Å². The monoisotopic (exact) mass is 545 g/mol. The smallest absolute Gasteiger partial charge is 0.313 e. The molecule has 2 aromatic carbocycles. The van der Waals surface area contributed by atoms with E-state index in [2.05, 4.69) is 36.2 Å². The number of rotatable bonds is 10. The molecule has 9 nitrogen and oxygen atoms in total. The first-order valence-corrected chi connectivity index (χ1v) is 14.0. The van der Waals surface area contributed by atoms with Gasteiger partial charge in [0.15, 0.2) is 11.0 Å². The lowest BCUT2D eigenvalue weighted by Gasteiger charge is -2.22. The Morgan fingerprint density at radius 1 is 1.08 bits per heavy atom. The summed E-state index contributed by atoms with van der Waals surface area (Å²) >= 11 is 2.74. The van der Waals surface area contributed by atoms with Crippen LogP contribution in [-0.2, 0) is 11.3 Å². The maximum atomic E-state index is 11.2. The van der Waals surface area contributed by atoms with E-state index in [1.807, 2.05) is 58.0 Å². The van der Waals surface area contributed by atoms with E-state index < -0.39 is 5.97 Å². The molecule has 0 spiro atoms. The highest BCUT2D eigenvalue weighted by atomic mass is 32.2. The third-order valence-corrected chi connectivity index (χ3v) is 7.87. The van der Waals surface area contributed by atoms with Gasteiger partial charge in [-0.25, -0.2) is 4.98 Å². The highest BCUT2D eigenvalue weighted by Crippen LogP contribution is 2.40. The van der Waals surface area contributed by atoms with Crippen LogP contribution in [0, 0.1) is 6.92 Å². The zero-order chi connectivity index (χ0) is 26.6. The number of nitrogen functional groups attached to an aromatic ring is 1. The average Bonchev–Trinajstić information content (AvgIpc) is 3.48.